The molecular formula is C16H16ClNO3. The van der Waals surface area contributed by atoms with Crippen LogP contribution in [0.3, 0.4) is 0 Å². The Hall–Kier alpha value is -2.07. The molecule has 0 amide bonds. The fourth-order valence-electron chi connectivity index (χ4n) is 2.04. The second kappa shape index (κ2) is 6.59. The normalized spacial score (nSPS) is 10.7. The Kier molecular flexibility index (Phi) is 4.81. The van der Waals surface area contributed by atoms with E-state index in [0.717, 1.165) is 5.56 Å². The number of benzene rings is 2. The standard InChI is InChI=1S/C16H16ClNO3/c1-11(2)13-5-3-4-6-15(13)21-16-8-7-12(10-17)9-14(16)18(19)20/h3-9,11H,10H2,1-2H3. The average molecular weight is 306 g/mol. The molecule has 2 rings (SSSR count). The van der Waals surface area contributed by atoms with E-state index in [-0.39, 0.29) is 23.2 Å². The lowest BCUT2D eigenvalue weighted by atomic mass is 10.0. The fourth-order valence-corrected chi connectivity index (χ4v) is 2.21. The van der Waals surface area contributed by atoms with Crippen LogP contribution in [-0.4, -0.2) is 4.92 Å². The van der Waals surface area contributed by atoms with E-state index in [9.17, 15) is 10.1 Å². The zero-order chi connectivity index (χ0) is 15.4. The van der Waals surface area contributed by atoms with Gasteiger partial charge in [0.2, 0.25) is 5.75 Å². The number of nitro benzene ring substituents is 1. The first kappa shape index (κ1) is 15.3. The molecule has 0 bridgehead atoms. The van der Waals surface area contributed by atoms with Crippen LogP contribution in [-0.2, 0) is 5.88 Å². The molecule has 0 N–H and O–H groups in total. The molecule has 0 fully saturated rings. The minimum absolute atomic E-state index is 0.0771. The number of hydrogen-bond donors (Lipinski definition) is 0. The van der Waals surface area contributed by atoms with Gasteiger partial charge in [-0.15, -0.1) is 11.6 Å². The maximum absolute atomic E-state index is 11.2. The minimum Gasteiger partial charge on any atom is -0.450 e. The molecule has 0 unspecified atom stereocenters. The smallest absolute Gasteiger partial charge is 0.311 e. The highest BCUT2D eigenvalue weighted by Gasteiger charge is 2.18. The van der Waals surface area contributed by atoms with Crippen LogP contribution in [0.4, 0.5) is 5.69 Å². The zero-order valence-electron chi connectivity index (χ0n) is 11.9. The van der Waals surface area contributed by atoms with E-state index in [1.165, 1.54) is 6.07 Å². The summed E-state index contributed by atoms with van der Waals surface area (Å²) in [5, 5.41) is 11.2. The predicted molar refractivity (Wildman–Crippen MR) is 83.3 cm³/mol. The van der Waals surface area contributed by atoms with Crippen LogP contribution in [0.1, 0.15) is 30.9 Å². The van der Waals surface area contributed by atoms with Crippen LogP contribution in [0.2, 0.25) is 0 Å². The molecule has 2 aromatic carbocycles. The van der Waals surface area contributed by atoms with Crippen molar-refractivity contribution in [2.24, 2.45) is 0 Å². The topological polar surface area (TPSA) is 52.4 Å². The predicted octanol–water partition coefficient (Wildman–Crippen LogP) is 5.25. The van der Waals surface area contributed by atoms with Gasteiger partial charge in [-0.1, -0.05) is 38.1 Å². The summed E-state index contributed by atoms with van der Waals surface area (Å²) in [6.07, 6.45) is 0. The molecule has 21 heavy (non-hydrogen) atoms. The first-order valence-electron chi connectivity index (χ1n) is 6.63. The lowest BCUT2D eigenvalue weighted by Gasteiger charge is -2.13. The van der Waals surface area contributed by atoms with Crippen LogP contribution in [0.25, 0.3) is 0 Å². The van der Waals surface area contributed by atoms with Crippen molar-refractivity contribution < 1.29 is 9.66 Å². The third-order valence-corrected chi connectivity index (χ3v) is 3.44. The van der Waals surface area contributed by atoms with Gasteiger partial charge in [0.15, 0.2) is 0 Å². The van der Waals surface area contributed by atoms with E-state index < -0.39 is 4.92 Å². The van der Waals surface area contributed by atoms with Crippen molar-refractivity contribution in [3.05, 3.63) is 63.7 Å². The van der Waals surface area contributed by atoms with Crippen molar-refractivity contribution in [1.82, 2.24) is 0 Å². The van der Waals surface area contributed by atoms with Crippen molar-refractivity contribution in [3.8, 4) is 11.5 Å². The second-order valence-corrected chi connectivity index (χ2v) is 5.25. The quantitative estimate of drug-likeness (QED) is 0.430. The van der Waals surface area contributed by atoms with Crippen LogP contribution in [0.15, 0.2) is 42.5 Å². The molecule has 0 heterocycles. The zero-order valence-corrected chi connectivity index (χ0v) is 12.6. The first-order chi connectivity index (χ1) is 10.0. The van der Waals surface area contributed by atoms with Gasteiger partial charge in [-0.25, -0.2) is 0 Å². The number of nitrogens with zero attached hydrogens (tertiary/aromatic N) is 1. The summed E-state index contributed by atoms with van der Waals surface area (Å²) in [5.74, 6) is 1.35. The molecule has 2 aromatic rings. The maximum atomic E-state index is 11.2. The molecule has 110 valence electrons. The Morgan fingerprint density at radius 3 is 2.52 bits per heavy atom. The summed E-state index contributed by atoms with van der Waals surface area (Å²) in [4.78, 5) is 10.7. The number of ether oxygens (including phenoxy) is 1. The van der Waals surface area contributed by atoms with Gasteiger partial charge >= 0.3 is 5.69 Å². The fraction of sp³-hybridized carbons (Fsp3) is 0.250. The van der Waals surface area contributed by atoms with Gasteiger partial charge in [-0.3, -0.25) is 10.1 Å². The monoisotopic (exact) mass is 305 g/mol. The first-order valence-corrected chi connectivity index (χ1v) is 7.16. The SMILES string of the molecule is CC(C)c1ccccc1Oc1ccc(CCl)cc1[N+](=O)[O-]. The van der Waals surface area contributed by atoms with Crippen molar-refractivity contribution in [1.29, 1.82) is 0 Å². The van der Waals surface area contributed by atoms with Crippen molar-refractivity contribution >= 4 is 17.3 Å². The molecule has 0 aliphatic rings. The molecule has 0 spiro atoms. The van der Waals surface area contributed by atoms with Gasteiger partial charge in [0.05, 0.1) is 4.92 Å². The Balaban J connectivity index is 2.42. The molecule has 0 saturated heterocycles. The van der Waals surface area contributed by atoms with Gasteiger partial charge in [0.1, 0.15) is 5.75 Å². The summed E-state index contributed by atoms with van der Waals surface area (Å²) in [6.45, 7) is 4.10. The summed E-state index contributed by atoms with van der Waals surface area (Å²) in [5.41, 5.74) is 1.62. The molecular weight excluding hydrogens is 290 g/mol. The summed E-state index contributed by atoms with van der Waals surface area (Å²) < 4.78 is 5.78. The second-order valence-electron chi connectivity index (χ2n) is 4.99. The van der Waals surface area contributed by atoms with E-state index in [0.29, 0.717) is 11.3 Å². The summed E-state index contributed by atoms with van der Waals surface area (Å²) in [7, 11) is 0. The molecule has 0 radical (unpaired) electrons. The van der Waals surface area contributed by atoms with Crippen molar-refractivity contribution in [2.75, 3.05) is 0 Å². The van der Waals surface area contributed by atoms with E-state index in [1.807, 2.05) is 38.1 Å². The van der Waals surface area contributed by atoms with E-state index >= 15 is 0 Å². The van der Waals surface area contributed by atoms with Gasteiger partial charge in [0, 0.05) is 11.9 Å². The minimum atomic E-state index is -0.455. The molecule has 0 aliphatic carbocycles. The molecule has 0 atom stereocenters. The lowest BCUT2D eigenvalue weighted by Crippen LogP contribution is -1.97. The molecule has 0 aromatic heterocycles. The number of nitro groups is 1. The van der Waals surface area contributed by atoms with E-state index in [2.05, 4.69) is 0 Å². The van der Waals surface area contributed by atoms with Crippen LogP contribution < -0.4 is 4.74 Å². The van der Waals surface area contributed by atoms with Gasteiger partial charge < -0.3 is 4.74 Å². The average Bonchev–Trinajstić information content (AvgIpc) is 2.47. The van der Waals surface area contributed by atoms with Crippen LogP contribution in [0.5, 0.6) is 11.5 Å². The number of halogens is 1. The number of alkyl halides is 1. The number of rotatable bonds is 5. The molecule has 4 nitrogen and oxygen atoms in total. The van der Waals surface area contributed by atoms with E-state index in [1.54, 1.807) is 12.1 Å². The van der Waals surface area contributed by atoms with Crippen molar-refractivity contribution in [3.63, 3.8) is 0 Å². The van der Waals surface area contributed by atoms with Gasteiger partial charge in [-0.05, 0) is 29.2 Å². The Morgan fingerprint density at radius 2 is 1.90 bits per heavy atom. The maximum Gasteiger partial charge on any atom is 0.311 e. The van der Waals surface area contributed by atoms with Gasteiger partial charge in [0.25, 0.3) is 0 Å². The highest BCUT2D eigenvalue weighted by Crippen LogP contribution is 2.35. The van der Waals surface area contributed by atoms with Crippen LogP contribution >= 0.6 is 11.6 Å². The Morgan fingerprint density at radius 1 is 1.19 bits per heavy atom. The molecule has 5 heteroatoms. The molecule has 0 saturated carbocycles. The van der Waals surface area contributed by atoms with E-state index in [4.69, 9.17) is 16.3 Å². The van der Waals surface area contributed by atoms with Gasteiger partial charge in [-0.2, -0.15) is 0 Å². The number of para-hydroxylation sites is 1. The Labute approximate surface area is 128 Å². The largest absolute Gasteiger partial charge is 0.450 e. The highest BCUT2D eigenvalue weighted by molar-refractivity contribution is 6.17. The Bertz CT molecular complexity index is 656. The van der Waals surface area contributed by atoms with Crippen LogP contribution in [0, 0.1) is 10.1 Å². The highest BCUT2D eigenvalue weighted by atomic mass is 35.5. The molecule has 0 aliphatic heterocycles. The third kappa shape index (κ3) is 3.52. The summed E-state index contributed by atoms with van der Waals surface area (Å²) >= 11 is 5.72. The number of hydrogen-bond acceptors (Lipinski definition) is 3. The summed E-state index contributed by atoms with van der Waals surface area (Å²) in [6, 6.07) is 12.3. The third-order valence-electron chi connectivity index (χ3n) is 3.14. The lowest BCUT2D eigenvalue weighted by molar-refractivity contribution is -0.385. The van der Waals surface area contributed by atoms with Crippen molar-refractivity contribution in [2.45, 2.75) is 25.6 Å².